The SMILES string of the molecule is Cc1sc(-c2ccno2)cc1NCc1ccc2c(c1)OCO2. The summed E-state index contributed by atoms with van der Waals surface area (Å²) in [5.74, 6) is 2.41. The van der Waals surface area contributed by atoms with Crippen LogP contribution in [0, 0.1) is 6.92 Å². The van der Waals surface area contributed by atoms with E-state index in [2.05, 4.69) is 23.5 Å². The van der Waals surface area contributed by atoms with Crippen molar-refractivity contribution in [2.75, 3.05) is 12.1 Å². The van der Waals surface area contributed by atoms with Crippen molar-refractivity contribution in [2.24, 2.45) is 0 Å². The summed E-state index contributed by atoms with van der Waals surface area (Å²) < 4.78 is 15.9. The van der Waals surface area contributed by atoms with Gasteiger partial charge in [-0.3, -0.25) is 0 Å². The van der Waals surface area contributed by atoms with Gasteiger partial charge in [0.15, 0.2) is 17.3 Å². The third-order valence-electron chi connectivity index (χ3n) is 3.52. The molecule has 1 N–H and O–H groups in total. The van der Waals surface area contributed by atoms with Crippen LogP contribution in [-0.2, 0) is 6.54 Å². The smallest absolute Gasteiger partial charge is 0.231 e. The van der Waals surface area contributed by atoms with E-state index in [0.29, 0.717) is 6.79 Å². The van der Waals surface area contributed by atoms with Crippen LogP contribution in [0.4, 0.5) is 5.69 Å². The fourth-order valence-corrected chi connectivity index (χ4v) is 3.32. The van der Waals surface area contributed by atoms with Crippen LogP contribution in [0.15, 0.2) is 41.1 Å². The van der Waals surface area contributed by atoms with Crippen LogP contribution < -0.4 is 14.8 Å². The molecule has 5 nitrogen and oxygen atoms in total. The Kier molecular flexibility index (Phi) is 3.23. The van der Waals surface area contributed by atoms with Crippen molar-refractivity contribution in [2.45, 2.75) is 13.5 Å². The van der Waals surface area contributed by atoms with Crippen molar-refractivity contribution in [3.8, 4) is 22.1 Å². The van der Waals surface area contributed by atoms with Crippen LogP contribution in [0.25, 0.3) is 10.6 Å². The number of aryl methyl sites for hydroxylation is 1. The molecule has 3 aromatic rings. The summed E-state index contributed by atoms with van der Waals surface area (Å²) in [7, 11) is 0. The van der Waals surface area contributed by atoms with Gasteiger partial charge in [0.05, 0.1) is 11.1 Å². The predicted octanol–water partition coefficient (Wildman–Crippen LogP) is 4.05. The second-order valence-electron chi connectivity index (χ2n) is 5.00. The van der Waals surface area contributed by atoms with Gasteiger partial charge in [-0.25, -0.2) is 0 Å². The first kappa shape index (κ1) is 13.2. The van der Waals surface area contributed by atoms with Crippen molar-refractivity contribution >= 4 is 17.0 Å². The number of nitrogens with zero attached hydrogens (tertiary/aromatic N) is 1. The van der Waals surface area contributed by atoms with Gasteiger partial charge in [-0.05, 0) is 30.7 Å². The van der Waals surface area contributed by atoms with E-state index in [9.17, 15) is 0 Å². The number of aromatic nitrogens is 1. The number of fused-ring (bicyclic) bond motifs is 1. The van der Waals surface area contributed by atoms with Crippen LogP contribution in [-0.4, -0.2) is 11.9 Å². The molecule has 0 amide bonds. The minimum atomic E-state index is 0.302. The Bertz CT molecular complexity index is 796. The van der Waals surface area contributed by atoms with Crippen molar-refractivity contribution < 1.29 is 14.0 Å². The minimum absolute atomic E-state index is 0.302. The van der Waals surface area contributed by atoms with Gasteiger partial charge in [0.1, 0.15) is 0 Å². The van der Waals surface area contributed by atoms with E-state index >= 15 is 0 Å². The van der Waals surface area contributed by atoms with E-state index in [1.807, 2.05) is 24.3 Å². The number of ether oxygens (including phenoxy) is 2. The van der Waals surface area contributed by atoms with Gasteiger partial charge in [-0.2, -0.15) is 0 Å². The van der Waals surface area contributed by atoms with Gasteiger partial charge >= 0.3 is 0 Å². The van der Waals surface area contributed by atoms with Crippen LogP contribution in [0.2, 0.25) is 0 Å². The summed E-state index contributed by atoms with van der Waals surface area (Å²) in [6, 6.07) is 9.95. The third-order valence-corrected chi connectivity index (χ3v) is 4.58. The number of rotatable bonds is 4. The lowest BCUT2D eigenvalue weighted by Gasteiger charge is -2.06. The number of nitrogens with one attached hydrogen (secondary N) is 1. The maximum Gasteiger partial charge on any atom is 0.231 e. The molecule has 1 aromatic carbocycles. The zero-order valence-corrected chi connectivity index (χ0v) is 12.8. The van der Waals surface area contributed by atoms with Gasteiger partial charge in [-0.1, -0.05) is 11.2 Å². The first-order chi connectivity index (χ1) is 10.8. The second-order valence-corrected chi connectivity index (χ2v) is 6.25. The van der Waals surface area contributed by atoms with Crippen molar-refractivity contribution in [1.29, 1.82) is 0 Å². The molecule has 1 aliphatic rings. The fourth-order valence-electron chi connectivity index (χ4n) is 2.37. The van der Waals surface area contributed by atoms with Gasteiger partial charge < -0.3 is 19.3 Å². The standard InChI is InChI=1S/C16H14N2O3S/c1-10-12(7-16(22-10)14-4-5-18-21-14)17-8-11-2-3-13-15(6-11)20-9-19-13/h2-7,17H,8-9H2,1H3. The third kappa shape index (κ3) is 2.42. The zero-order chi connectivity index (χ0) is 14.9. The molecule has 3 heterocycles. The van der Waals surface area contributed by atoms with E-state index in [4.69, 9.17) is 14.0 Å². The predicted molar refractivity (Wildman–Crippen MR) is 84.4 cm³/mol. The molecule has 0 saturated heterocycles. The van der Waals surface area contributed by atoms with Crippen molar-refractivity contribution in [3.63, 3.8) is 0 Å². The molecule has 1 aliphatic heterocycles. The van der Waals surface area contributed by atoms with Gasteiger partial charge in [0.25, 0.3) is 0 Å². The number of hydrogen-bond acceptors (Lipinski definition) is 6. The summed E-state index contributed by atoms with van der Waals surface area (Å²) in [6.45, 7) is 3.12. The Balaban J connectivity index is 1.50. The second kappa shape index (κ2) is 5.38. The molecule has 112 valence electrons. The van der Waals surface area contributed by atoms with Crippen molar-refractivity contribution in [1.82, 2.24) is 5.16 Å². The average molecular weight is 314 g/mol. The summed E-state index contributed by atoms with van der Waals surface area (Å²) in [5.41, 5.74) is 2.25. The Labute approximate surface area is 131 Å². The number of benzene rings is 1. The zero-order valence-electron chi connectivity index (χ0n) is 12.0. The highest BCUT2D eigenvalue weighted by atomic mass is 32.1. The summed E-state index contributed by atoms with van der Waals surface area (Å²) >= 11 is 1.69. The number of anilines is 1. The van der Waals surface area contributed by atoms with E-state index in [0.717, 1.165) is 39.9 Å². The number of thiophene rings is 1. The quantitative estimate of drug-likeness (QED) is 0.787. The molecule has 0 radical (unpaired) electrons. The lowest BCUT2D eigenvalue weighted by atomic mass is 10.2. The van der Waals surface area contributed by atoms with Gasteiger partial charge in [0.2, 0.25) is 6.79 Å². The topological polar surface area (TPSA) is 56.5 Å². The minimum Gasteiger partial charge on any atom is -0.454 e. The first-order valence-electron chi connectivity index (χ1n) is 6.93. The Hall–Kier alpha value is -2.47. The van der Waals surface area contributed by atoms with E-state index < -0.39 is 0 Å². The summed E-state index contributed by atoms with van der Waals surface area (Å²) in [6.07, 6.45) is 1.66. The summed E-state index contributed by atoms with van der Waals surface area (Å²) in [4.78, 5) is 2.29. The maximum absolute atomic E-state index is 5.40. The molecule has 6 heteroatoms. The highest BCUT2D eigenvalue weighted by Crippen LogP contribution is 2.35. The van der Waals surface area contributed by atoms with E-state index in [-0.39, 0.29) is 0 Å². The molecule has 22 heavy (non-hydrogen) atoms. The molecule has 0 fully saturated rings. The lowest BCUT2D eigenvalue weighted by molar-refractivity contribution is 0.174. The molecular weight excluding hydrogens is 300 g/mol. The number of hydrogen-bond donors (Lipinski definition) is 1. The average Bonchev–Trinajstić information content (AvgIpc) is 3.25. The maximum atomic E-state index is 5.40. The van der Waals surface area contributed by atoms with Crippen LogP contribution >= 0.6 is 11.3 Å². The molecular formula is C16H14N2O3S. The van der Waals surface area contributed by atoms with Crippen LogP contribution in [0.5, 0.6) is 11.5 Å². The Morgan fingerprint density at radius 1 is 1.18 bits per heavy atom. The van der Waals surface area contributed by atoms with Gasteiger partial charge in [-0.15, -0.1) is 11.3 Å². The summed E-state index contributed by atoms with van der Waals surface area (Å²) in [5, 5.41) is 7.20. The molecule has 0 bridgehead atoms. The van der Waals surface area contributed by atoms with Crippen LogP contribution in [0.3, 0.4) is 0 Å². The normalized spacial score (nSPS) is 12.6. The molecule has 0 unspecified atom stereocenters. The molecule has 0 atom stereocenters. The fraction of sp³-hybridized carbons (Fsp3) is 0.188. The molecule has 0 aliphatic carbocycles. The first-order valence-corrected chi connectivity index (χ1v) is 7.75. The highest BCUT2D eigenvalue weighted by Gasteiger charge is 2.14. The molecule has 0 saturated carbocycles. The highest BCUT2D eigenvalue weighted by molar-refractivity contribution is 7.15. The van der Waals surface area contributed by atoms with E-state index in [1.165, 1.54) is 4.88 Å². The molecule has 4 rings (SSSR count). The van der Waals surface area contributed by atoms with E-state index in [1.54, 1.807) is 17.5 Å². The van der Waals surface area contributed by atoms with Gasteiger partial charge in [0, 0.05) is 23.2 Å². The largest absolute Gasteiger partial charge is 0.454 e. The molecule has 0 spiro atoms. The lowest BCUT2D eigenvalue weighted by Crippen LogP contribution is -1.99. The molecule has 2 aromatic heterocycles. The monoisotopic (exact) mass is 314 g/mol. The van der Waals surface area contributed by atoms with Crippen LogP contribution in [0.1, 0.15) is 10.4 Å². The Morgan fingerprint density at radius 3 is 2.95 bits per heavy atom. The van der Waals surface area contributed by atoms with Crippen molar-refractivity contribution in [3.05, 3.63) is 47.0 Å². The Morgan fingerprint density at radius 2 is 2.09 bits per heavy atom.